The Balaban J connectivity index is 1.33. The molecule has 1 fully saturated rings. The Bertz CT molecular complexity index is 1310. The first-order chi connectivity index (χ1) is 18.5. The van der Waals surface area contributed by atoms with Gasteiger partial charge in [-0.05, 0) is 38.8 Å². The third kappa shape index (κ3) is 6.25. The highest BCUT2D eigenvalue weighted by molar-refractivity contribution is 5.98. The van der Waals surface area contributed by atoms with Crippen LogP contribution in [0.4, 0.5) is 20.4 Å². The van der Waals surface area contributed by atoms with Gasteiger partial charge in [0.1, 0.15) is 23.3 Å². The molecule has 0 radical (unpaired) electrons. The van der Waals surface area contributed by atoms with Crippen LogP contribution in [0.15, 0.2) is 46.6 Å². The minimum absolute atomic E-state index is 0.0946. The summed E-state index contributed by atoms with van der Waals surface area (Å²) in [6, 6.07) is 2.72. The predicted octanol–water partition coefficient (Wildman–Crippen LogP) is 5.31. The lowest BCUT2D eigenvalue weighted by Gasteiger charge is -2.26. The van der Waals surface area contributed by atoms with E-state index in [-0.39, 0.29) is 17.3 Å². The lowest BCUT2D eigenvalue weighted by molar-refractivity contribution is 0.0378. The summed E-state index contributed by atoms with van der Waals surface area (Å²) in [6.07, 6.45) is 9.32. The van der Waals surface area contributed by atoms with Gasteiger partial charge in [0.05, 0.1) is 13.2 Å². The molecule has 10 heteroatoms. The van der Waals surface area contributed by atoms with E-state index < -0.39 is 11.6 Å². The van der Waals surface area contributed by atoms with Crippen molar-refractivity contribution < 1.29 is 18.3 Å². The van der Waals surface area contributed by atoms with Crippen LogP contribution in [0.3, 0.4) is 0 Å². The summed E-state index contributed by atoms with van der Waals surface area (Å²) >= 11 is 0. The van der Waals surface area contributed by atoms with Crippen molar-refractivity contribution in [2.75, 3.05) is 50.0 Å². The Morgan fingerprint density at radius 3 is 2.76 bits per heavy atom. The molecule has 8 nitrogen and oxygen atoms in total. The average Bonchev–Trinajstić information content (AvgIpc) is 3.52. The third-order valence-corrected chi connectivity index (χ3v) is 6.55. The van der Waals surface area contributed by atoms with Crippen molar-refractivity contribution in [2.45, 2.75) is 33.1 Å². The lowest BCUT2D eigenvalue weighted by Crippen LogP contribution is -2.37. The zero-order valence-corrected chi connectivity index (χ0v) is 21.7. The van der Waals surface area contributed by atoms with E-state index in [4.69, 9.17) is 9.47 Å². The Morgan fingerprint density at radius 1 is 1.13 bits per heavy atom. The van der Waals surface area contributed by atoms with E-state index in [1.54, 1.807) is 18.3 Å². The van der Waals surface area contributed by atoms with Crippen molar-refractivity contribution in [2.24, 2.45) is 4.99 Å². The summed E-state index contributed by atoms with van der Waals surface area (Å²) in [4.78, 5) is 15.6. The minimum atomic E-state index is -0.624. The Kier molecular flexibility index (Phi) is 8.09. The largest absolute Gasteiger partial charge is 0.421 e. The number of ether oxygens (including phenoxy) is 2. The number of allylic oxidation sites excluding steroid dienone is 3. The van der Waals surface area contributed by atoms with Crippen LogP contribution in [-0.4, -0.2) is 60.1 Å². The van der Waals surface area contributed by atoms with E-state index in [1.807, 2.05) is 26.0 Å². The quantitative estimate of drug-likeness (QED) is 0.432. The Hall–Kier alpha value is -3.63. The number of fused-ring (bicyclic) bond motifs is 1. The molecule has 2 aliphatic heterocycles. The summed E-state index contributed by atoms with van der Waals surface area (Å²) in [6.45, 7) is 8.81. The van der Waals surface area contributed by atoms with Crippen molar-refractivity contribution in [3.63, 3.8) is 0 Å². The molecule has 0 unspecified atom stereocenters. The number of rotatable bonds is 9. The second kappa shape index (κ2) is 11.8. The van der Waals surface area contributed by atoms with Crippen LogP contribution >= 0.6 is 0 Å². The van der Waals surface area contributed by atoms with E-state index in [0.29, 0.717) is 36.6 Å². The van der Waals surface area contributed by atoms with Crippen LogP contribution < -0.4 is 15.4 Å². The molecule has 3 aliphatic rings. The maximum absolute atomic E-state index is 15.2. The first-order valence-corrected chi connectivity index (χ1v) is 12.9. The molecule has 0 bridgehead atoms. The second-order valence-electron chi connectivity index (χ2n) is 9.57. The van der Waals surface area contributed by atoms with Gasteiger partial charge in [-0.25, -0.2) is 13.8 Å². The van der Waals surface area contributed by atoms with Gasteiger partial charge in [-0.15, -0.1) is 0 Å². The molecule has 0 spiro atoms. The van der Waals surface area contributed by atoms with Gasteiger partial charge in [-0.1, -0.05) is 23.8 Å². The first kappa shape index (κ1) is 26.0. The summed E-state index contributed by atoms with van der Waals surface area (Å²) in [5, 5.41) is 6.51. The third-order valence-electron chi connectivity index (χ3n) is 6.55. The molecule has 1 aliphatic carbocycles. The SMILES string of the molecule is C/C=C/C1=CN=C(Nc2cc(NCCCN3CCOCC3)nc(Oc3cc(F)c4c(c3F)C=C(C)C4)n2)C1. The second-order valence-corrected chi connectivity index (χ2v) is 9.57. The lowest BCUT2D eigenvalue weighted by atomic mass is 10.1. The van der Waals surface area contributed by atoms with Gasteiger partial charge in [0.15, 0.2) is 11.6 Å². The number of amidine groups is 1. The number of benzene rings is 1. The monoisotopic (exact) mass is 522 g/mol. The zero-order chi connectivity index (χ0) is 26.5. The fourth-order valence-corrected chi connectivity index (χ4v) is 4.69. The van der Waals surface area contributed by atoms with Crippen molar-refractivity contribution in [3.05, 3.63) is 64.4 Å². The molecule has 1 saturated heterocycles. The number of aromatic nitrogens is 2. The number of anilines is 2. The molecule has 2 aromatic rings. The highest BCUT2D eigenvalue weighted by Crippen LogP contribution is 2.36. The number of hydrogen-bond donors (Lipinski definition) is 2. The number of halogens is 2. The van der Waals surface area contributed by atoms with Crippen LogP contribution in [-0.2, 0) is 11.2 Å². The summed E-state index contributed by atoms with van der Waals surface area (Å²) in [5.74, 6) is 0.285. The number of nitrogens with one attached hydrogen (secondary N) is 2. The van der Waals surface area contributed by atoms with Crippen molar-refractivity contribution in [1.29, 1.82) is 0 Å². The smallest absolute Gasteiger partial charge is 0.326 e. The summed E-state index contributed by atoms with van der Waals surface area (Å²) in [5.41, 5.74) is 2.52. The van der Waals surface area contributed by atoms with E-state index in [1.165, 1.54) is 0 Å². The molecule has 5 rings (SSSR count). The van der Waals surface area contributed by atoms with Crippen molar-refractivity contribution >= 4 is 23.5 Å². The molecule has 0 atom stereocenters. The first-order valence-electron chi connectivity index (χ1n) is 12.9. The number of nitrogens with zero attached hydrogens (tertiary/aromatic N) is 4. The highest BCUT2D eigenvalue weighted by atomic mass is 19.1. The van der Waals surface area contributed by atoms with E-state index in [9.17, 15) is 4.39 Å². The molecular formula is C28H32F2N6O2. The van der Waals surface area contributed by atoms with Crippen LogP contribution in [0.1, 0.15) is 37.8 Å². The molecule has 0 saturated carbocycles. The van der Waals surface area contributed by atoms with Crippen LogP contribution in [0, 0.1) is 11.6 Å². The predicted molar refractivity (Wildman–Crippen MR) is 145 cm³/mol. The minimum Gasteiger partial charge on any atom is -0.421 e. The van der Waals surface area contributed by atoms with E-state index in [2.05, 4.69) is 30.5 Å². The van der Waals surface area contributed by atoms with Gasteiger partial charge in [0.25, 0.3) is 0 Å². The Labute approximate surface area is 221 Å². The summed E-state index contributed by atoms with van der Waals surface area (Å²) in [7, 11) is 0. The van der Waals surface area contributed by atoms with E-state index in [0.717, 1.165) is 62.3 Å². The van der Waals surface area contributed by atoms with Gasteiger partial charge in [0, 0.05) is 55.5 Å². The van der Waals surface area contributed by atoms with Gasteiger partial charge < -0.3 is 20.1 Å². The Morgan fingerprint density at radius 2 is 1.95 bits per heavy atom. The van der Waals surface area contributed by atoms with Gasteiger partial charge in [0.2, 0.25) is 0 Å². The van der Waals surface area contributed by atoms with Crippen LogP contribution in [0.2, 0.25) is 0 Å². The van der Waals surface area contributed by atoms with Gasteiger partial charge in [-0.2, -0.15) is 9.97 Å². The number of morpholine rings is 1. The topological polar surface area (TPSA) is 83.9 Å². The molecule has 3 heterocycles. The fourth-order valence-electron chi connectivity index (χ4n) is 4.69. The molecule has 2 N–H and O–H groups in total. The van der Waals surface area contributed by atoms with E-state index >= 15 is 4.39 Å². The fraction of sp³-hybridized carbons (Fsp3) is 0.393. The van der Waals surface area contributed by atoms with Gasteiger partial charge in [-0.3, -0.25) is 4.90 Å². The molecule has 1 aromatic heterocycles. The maximum Gasteiger partial charge on any atom is 0.326 e. The zero-order valence-electron chi connectivity index (χ0n) is 21.7. The van der Waals surface area contributed by atoms with Crippen LogP contribution in [0.5, 0.6) is 11.8 Å². The standard InChI is InChI=1S/C28H32F2N6O2/c1-3-5-19-14-24(32-17-19)33-26-16-25(31-6-4-7-36-8-10-37-11-9-36)34-28(35-26)38-23-15-22(29)20-12-18(2)13-21(20)27(23)30/h3,5,13,15-17H,4,6-12,14H2,1-2H3,(H2,31,32,33,34,35)/b5-3+. The summed E-state index contributed by atoms with van der Waals surface area (Å²) < 4.78 is 41.1. The van der Waals surface area contributed by atoms with Crippen molar-refractivity contribution in [3.8, 4) is 11.8 Å². The van der Waals surface area contributed by atoms with Gasteiger partial charge >= 0.3 is 6.01 Å². The van der Waals surface area contributed by atoms with Crippen LogP contribution in [0.25, 0.3) is 6.08 Å². The molecule has 200 valence electrons. The van der Waals surface area contributed by atoms with Crippen molar-refractivity contribution in [1.82, 2.24) is 14.9 Å². The molecule has 38 heavy (non-hydrogen) atoms. The number of hydrogen-bond acceptors (Lipinski definition) is 8. The average molecular weight is 523 g/mol. The normalized spacial score (nSPS) is 17.3. The number of aliphatic imine (C=N–C) groups is 1. The highest BCUT2D eigenvalue weighted by Gasteiger charge is 2.23. The molecular weight excluding hydrogens is 490 g/mol. The molecule has 0 amide bonds. The maximum atomic E-state index is 15.2. The molecule has 1 aromatic carbocycles.